The van der Waals surface area contributed by atoms with Crippen molar-refractivity contribution in [2.24, 2.45) is 5.92 Å². The van der Waals surface area contributed by atoms with E-state index in [1.54, 1.807) is 0 Å². The molecule has 0 radical (unpaired) electrons. The first kappa shape index (κ1) is 23.1. The first-order chi connectivity index (χ1) is 15.4. The van der Waals surface area contributed by atoms with Gasteiger partial charge in [0.1, 0.15) is 11.4 Å². The molecule has 1 aliphatic heterocycles. The maximum atomic E-state index is 13.1. The van der Waals surface area contributed by atoms with Gasteiger partial charge in [0.2, 0.25) is 0 Å². The van der Waals surface area contributed by atoms with E-state index >= 15 is 0 Å². The number of halogens is 6. The van der Waals surface area contributed by atoms with E-state index < -0.39 is 35.2 Å². The van der Waals surface area contributed by atoms with Crippen LogP contribution >= 0.6 is 0 Å². The molecule has 2 N–H and O–H groups in total. The summed E-state index contributed by atoms with van der Waals surface area (Å²) in [5, 5.41) is 13.5. The average Bonchev–Trinajstić information content (AvgIpc) is 3.12. The smallest absolute Gasteiger partial charge is 0.416 e. The predicted octanol–water partition coefficient (Wildman–Crippen LogP) is 5.26. The molecule has 1 amide bonds. The summed E-state index contributed by atoms with van der Waals surface area (Å²) in [6, 6.07) is 4.10. The van der Waals surface area contributed by atoms with Gasteiger partial charge in [-0.1, -0.05) is 0 Å². The van der Waals surface area contributed by atoms with Crippen LogP contribution in [0, 0.1) is 5.92 Å². The first-order valence-electron chi connectivity index (χ1n) is 10.3. The van der Waals surface area contributed by atoms with Gasteiger partial charge in [0.15, 0.2) is 0 Å². The molecule has 1 saturated heterocycles. The molecular weight excluding hydrogens is 454 g/mol. The minimum Gasteiger partial charge on any atom is -0.441 e. The monoisotopic (exact) mass is 474 g/mol. The van der Waals surface area contributed by atoms with Crippen molar-refractivity contribution in [3.8, 4) is 11.3 Å². The molecule has 6 nitrogen and oxygen atoms in total. The van der Waals surface area contributed by atoms with E-state index in [1.165, 1.54) is 12.1 Å². The Hall–Kier alpha value is -3.05. The highest BCUT2D eigenvalue weighted by molar-refractivity contribution is 5.70. The van der Waals surface area contributed by atoms with Crippen LogP contribution in [0.3, 0.4) is 0 Å². The van der Waals surface area contributed by atoms with Crippen LogP contribution in [0.5, 0.6) is 0 Å². The van der Waals surface area contributed by atoms with Gasteiger partial charge >= 0.3 is 18.4 Å². The lowest BCUT2D eigenvalue weighted by molar-refractivity contribution is -0.143. The van der Waals surface area contributed by atoms with Crippen LogP contribution in [0.2, 0.25) is 0 Å². The van der Waals surface area contributed by atoms with Crippen molar-refractivity contribution in [3.63, 3.8) is 0 Å². The average molecular weight is 474 g/mol. The van der Waals surface area contributed by atoms with Crippen LogP contribution in [-0.4, -0.2) is 35.0 Å². The number of alkyl carbamates (subject to hydrolysis) is 1. The highest BCUT2D eigenvalue weighted by Gasteiger charge is 2.43. The summed E-state index contributed by atoms with van der Waals surface area (Å²) in [5.41, 5.74) is -3.68. The summed E-state index contributed by atoms with van der Waals surface area (Å²) in [6.45, 7) is 1.07. The molecule has 2 aliphatic rings. The maximum Gasteiger partial charge on any atom is 0.416 e. The number of alkyl halides is 6. The van der Waals surface area contributed by atoms with Gasteiger partial charge in [-0.2, -0.15) is 26.3 Å². The molecule has 0 atom stereocenters. The molecule has 1 aliphatic carbocycles. The summed E-state index contributed by atoms with van der Waals surface area (Å²) in [5.74, 6) is 0.658. The van der Waals surface area contributed by atoms with E-state index in [-0.39, 0.29) is 17.3 Å². The normalized spacial score (nSPS) is 23.3. The number of carbonyl (C=O) groups is 1. The molecule has 33 heavy (non-hydrogen) atoms. The van der Waals surface area contributed by atoms with Crippen molar-refractivity contribution >= 4 is 11.9 Å². The number of benzene rings is 1. The van der Waals surface area contributed by atoms with Crippen LogP contribution in [0.4, 0.5) is 37.0 Å². The molecule has 178 valence electrons. The van der Waals surface area contributed by atoms with Crippen molar-refractivity contribution in [2.45, 2.75) is 43.6 Å². The fourth-order valence-corrected chi connectivity index (χ4v) is 4.12. The van der Waals surface area contributed by atoms with Crippen molar-refractivity contribution in [1.82, 2.24) is 15.5 Å². The van der Waals surface area contributed by atoms with Crippen molar-refractivity contribution < 1.29 is 35.9 Å². The van der Waals surface area contributed by atoms with E-state index in [9.17, 15) is 31.1 Å². The van der Waals surface area contributed by atoms with Crippen molar-refractivity contribution in [1.29, 1.82) is 0 Å². The minimum atomic E-state index is -4.93. The van der Waals surface area contributed by atoms with Crippen LogP contribution < -0.4 is 10.6 Å². The second kappa shape index (κ2) is 8.38. The third-order valence-electron chi connectivity index (χ3n) is 6.00. The zero-order valence-electron chi connectivity index (χ0n) is 17.2. The van der Waals surface area contributed by atoms with Crippen LogP contribution in [0.15, 0.2) is 30.3 Å². The number of hydrogen-bond acceptors (Lipinski definition) is 5. The first-order valence-corrected chi connectivity index (χ1v) is 10.3. The number of hydrogen-bond donors (Lipinski definition) is 2. The minimum absolute atomic E-state index is 0.0732. The second-order valence-electron chi connectivity index (χ2n) is 8.35. The Labute approximate surface area is 184 Å². The van der Waals surface area contributed by atoms with E-state index in [2.05, 4.69) is 20.8 Å². The van der Waals surface area contributed by atoms with Crippen LogP contribution in [0.1, 0.15) is 36.8 Å². The highest BCUT2D eigenvalue weighted by atomic mass is 19.4. The number of amides is 1. The molecule has 0 bridgehead atoms. The van der Waals surface area contributed by atoms with Gasteiger partial charge in [-0.25, -0.2) is 4.79 Å². The maximum absolute atomic E-state index is 13.1. The molecular formula is C21H20F6N4O2. The third kappa shape index (κ3) is 5.31. The largest absolute Gasteiger partial charge is 0.441 e. The number of anilines is 1. The number of rotatable bonds is 4. The molecule has 1 aromatic heterocycles. The molecule has 1 saturated carbocycles. The van der Waals surface area contributed by atoms with Gasteiger partial charge in [-0.3, -0.25) is 0 Å². The summed E-state index contributed by atoms with van der Waals surface area (Å²) in [6.07, 6.45) is -7.13. The molecule has 2 aromatic rings. The number of ether oxygens (including phenoxy) is 1. The summed E-state index contributed by atoms with van der Waals surface area (Å²) >= 11 is 0. The standard InChI is InChI=1S/C21H20F6N4O2/c22-20(23,24)14-7-13(8-15(9-14)21(25,26)27)16-1-2-17(31-30-16)28-10-12-3-5-19(6-4-12)11-29-18(32)33-19/h1-2,7-9,12H,3-6,10-11H2,(H,28,31)(H,29,32). The fourth-order valence-electron chi connectivity index (χ4n) is 4.12. The summed E-state index contributed by atoms with van der Waals surface area (Å²) in [7, 11) is 0. The lowest BCUT2D eigenvalue weighted by Crippen LogP contribution is -2.39. The number of nitrogens with zero attached hydrogens (tertiary/aromatic N) is 2. The number of nitrogens with one attached hydrogen (secondary N) is 2. The lowest BCUT2D eigenvalue weighted by Gasteiger charge is -2.34. The van der Waals surface area contributed by atoms with E-state index in [0.717, 1.165) is 25.7 Å². The fraction of sp³-hybridized carbons (Fsp3) is 0.476. The van der Waals surface area contributed by atoms with Gasteiger partial charge in [0.05, 0.1) is 23.4 Å². The predicted molar refractivity (Wildman–Crippen MR) is 105 cm³/mol. The Morgan fingerprint density at radius 2 is 1.64 bits per heavy atom. The summed E-state index contributed by atoms with van der Waals surface area (Å²) in [4.78, 5) is 11.3. The van der Waals surface area contributed by atoms with E-state index in [4.69, 9.17) is 4.74 Å². The molecule has 12 heteroatoms. The van der Waals surface area contributed by atoms with Gasteiger partial charge < -0.3 is 15.4 Å². The van der Waals surface area contributed by atoms with Crippen molar-refractivity contribution in [3.05, 3.63) is 41.5 Å². The van der Waals surface area contributed by atoms with Crippen molar-refractivity contribution in [2.75, 3.05) is 18.4 Å². The lowest BCUT2D eigenvalue weighted by atomic mass is 9.79. The zero-order valence-corrected chi connectivity index (χ0v) is 17.2. The highest BCUT2D eigenvalue weighted by Crippen LogP contribution is 2.39. The Morgan fingerprint density at radius 3 is 2.12 bits per heavy atom. The van der Waals surface area contributed by atoms with Gasteiger partial charge in [-0.05, 0) is 61.9 Å². The van der Waals surface area contributed by atoms with Gasteiger partial charge in [0, 0.05) is 12.1 Å². The molecule has 0 unspecified atom stereocenters. The Balaban J connectivity index is 1.41. The molecule has 4 rings (SSSR count). The topological polar surface area (TPSA) is 76.1 Å². The summed E-state index contributed by atoms with van der Waals surface area (Å²) < 4.78 is 83.8. The van der Waals surface area contributed by atoms with E-state index in [0.29, 0.717) is 37.0 Å². The molecule has 1 aromatic carbocycles. The molecule has 2 heterocycles. The Kier molecular flexibility index (Phi) is 5.87. The SMILES string of the molecule is O=C1NCC2(CCC(CNc3ccc(-c4cc(C(F)(F)F)cc(C(F)(F)F)c4)nn3)CC2)O1. The third-order valence-corrected chi connectivity index (χ3v) is 6.00. The number of carbonyl (C=O) groups excluding carboxylic acids is 1. The molecule has 1 spiro atoms. The second-order valence-corrected chi connectivity index (χ2v) is 8.35. The Morgan fingerprint density at radius 1 is 1.00 bits per heavy atom. The zero-order chi connectivity index (χ0) is 23.9. The van der Waals surface area contributed by atoms with Crippen LogP contribution in [-0.2, 0) is 17.1 Å². The van der Waals surface area contributed by atoms with Gasteiger partial charge in [-0.15, -0.1) is 10.2 Å². The number of aromatic nitrogens is 2. The van der Waals surface area contributed by atoms with Gasteiger partial charge in [0.25, 0.3) is 0 Å². The quantitative estimate of drug-likeness (QED) is 0.592. The van der Waals surface area contributed by atoms with Crippen LogP contribution in [0.25, 0.3) is 11.3 Å². The van der Waals surface area contributed by atoms with E-state index in [1.807, 2.05) is 0 Å². The Bertz CT molecular complexity index is 983. The molecule has 2 fully saturated rings.